The molecule has 2 aromatic rings. The second-order valence-electron chi connectivity index (χ2n) is 6.01. The van der Waals surface area contributed by atoms with Crippen LogP contribution in [0.1, 0.15) is 30.0 Å². The van der Waals surface area contributed by atoms with E-state index in [1.807, 2.05) is 36.5 Å². The molecule has 3 rings (SSSR count). The zero-order valence-electron chi connectivity index (χ0n) is 13.5. The first-order valence-electron chi connectivity index (χ1n) is 8.12. The molecule has 126 valence electrons. The van der Waals surface area contributed by atoms with Crippen LogP contribution in [0.4, 0.5) is 0 Å². The van der Waals surface area contributed by atoms with Gasteiger partial charge in [0.15, 0.2) is 6.61 Å². The Balaban J connectivity index is 1.48. The quantitative estimate of drug-likeness (QED) is 0.877. The van der Waals surface area contributed by atoms with E-state index in [4.69, 9.17) is 9.84 Å². The van der Waals surface area contributed by atoms with Gasteiger partial charge in [-0.05, 0) is 49.7 Å². The van der Waals surface area contributed by atoms with Crippen LogP contribution >= 0.6 is 0 Å². The number of carboxylic acid groups (broad SMARTS) is 1. The van der Waals surface area contributed by atoms with E-state index in [2.05, 4.69) is 14.9 Å². The van der Waals surface area contributed by atoms with Gasteiger partial charge in [0.2, 0.25) is 0 Å². The average molecular weight is 327 g/mol. The van der Waals surface area contributed by atoms with Gasteiger partial charge in [-0.15, -0.1) is 0 Å². The number of hydrogen-bond donors (Lipinski definition) is 1. The van der Waals surface area contributed by atoms with Crippen molar-refractivity contribution >= 4 is 5.97 Å². The second kappa shape index (κ2) is 7.88. The minimum absolute atomic E-state index is 0.310. The van der Waals surface area contributed by atoms with Crippen molar-refractivity contribution in [3.8, 4) is 5.75 Å². The maximum absolute atomic E-state index is 10.5. The van der Waals surface area contributed by atoms with Crippen LogP contribution in [0, 0.1) is 0 Å². The number of carbonyl (C=O) groups is 1. The number of rotatable bonds is 6. The zero-order chi connectivity index (χ0) is 16.8. The van der Waals surface area contributed by atoms with E-state index in [-0.39, 0.29) is 6.61 Å². The highest BCUT2D eigenvalue weighted by molar-refractivity contribution is 5.68. The van der Waals surface area contributed by atoms with Crippen LogP contribution < -0.4 is 4.74 Å². The number of aliphatic carboxylic acids is 1. The Labute approximate surface area is 141 Å². The molecular formula is C18H21N3O3. The van der Waals surface area contributed by atoms with Gasteiger partial charge >= 0.3 is 5.97 Å². The Bertz CT molecular complexity index is 653. The molecule has 0 atom stereocenters. The Kier molecular flexibility index (Phi) is 5.38. The molecule has 1 aliphatic rings. The molecule has 2 heterocycles. The summed E-state index contributed by atoms with van der Waals surface area (Å²) < 4.78 is 5.15. The van der Waals surface area contributed by atoms with Gasteiger partial charge in [-0.25, -0.2) is 14.8 Å². The Hall–Kier alpha value is -2.47. The first-order valence-corrected chi connectivity index (χ1v) is 8.12. The SMILES string of the molecule is O=C(O)COc1ccc(CN2CCC(c3ccncn3)CC2)cc1. The van der Waals surface area contributed by atoms with Crippen LogP contribution in [0.15, 0.2) is 42.9 Å². The monoisotopic (exact) mass is 327 g/mol. The zero-order valence-corrected chi connectivity index (χ0v) is 13.5. The summed E-state index contributed by atoms with van der Waals surface area (Å²) in [4.78, 5) is 21.3. The summed E-state index contributed by atoms with van der Waals surface area (Å²) in [6.45, 7) is 2.68. The molecule has 0 spiro atoms. The van der Waals surface area contributed by atoms with Crippen molar-refractivity contribution in [1.29, 1.82) is 0 Å². The van der Waals surface area contributed by atoms with Gasteiger partial charge in [-0.2, -0.15) is 0 Å². The molecule has 0 bridgehead atoms. The fourth-order valence-corrected chi connectivity index (χ4v) is 3.02. The summed E-state index contributed by atoms with van der Waals surface area (Å²) in [6.07, 6.45) is 5.64. The van der Waals surface area contributed by atoms with E-state index in [9.17, 15) is 4.79 Å². The topological polar surface area (TPSA) is 75.6 Å². The Morgan fingerprint density at radius 1 is 1.21 bits per heavy atom. The van der Waals surface area contributed by atoms with Crippen molar-refractivity contribution in [2.75, 3.05) is 19.7 Å². The molecule has 0 radical (unpaired) electrons. The minimum Gasteiger partial charge on any atom is -0.482 e. The summed E-state index contributed by atoms with van der Waals surface area (Å²) in [5.74, 6) is 0.144. The van der Waals surface area contributed by atoms with Crippen LogP contribution in [0.2, 0.25) is 0 Å². The van der Waals surface area contributed by atoms with Gasteiger partial charge in [0.25, 0.3) is 0 Å². The molecular weight excluding hydrogens is 306 g/mol. The van der Waals surface area contributed by atoms with Crippen molar-refractivity contribution in [2.24, 2.45) is 0 Å². The fraction of sp³-hybridized carbons (Fsp3) is 0.389. The maximum atomic E-state index is 10.5. The number of nitrogens with zero attached hydrogens (tertiary/aromatic N) is 3. The molecule has 1 aromatic carbocycles. The number of hydrogen-bond acceptors (Lipinski definition) is 5. The fourth-order valence-electron chi connectivity index (χ4n) is 3.02. The predicted octanol–water partition coefficient (Wildman–Crippen LogP) is 2.32. The lowest BCUT2D eigenvalue weighted by Crippen LogP contribution is -2.32. The van der Waals surface area contributed by atoms with Crippen LogP contribution in [0.3, 0.4) is 0 Å². The summed E-state index contributed by atoms with van der Waals surface area (Å²) in [5.41, 5.74) is 2.35. The Morgan fingerprint density at radius 2 is 1.96 bits per heavy atom. The molecule has 1 aliphatic heterocycles. The van der Waals surface area contributed by atoms with E-state index in [1.165, 1.54) is 5.56 Å². The molecule has 6 nitrogen and oxygen atoms in total. The van der Waals surface area contributed by atoms with E-state index in [0.717, 1.165) is 38.2 Å². The van der Waals surface area contributed by atoms with Crippen molar-refractivity contribution in [3.05, 3.63) is 54.1 Å². The first-order chi connectivity index (χ1) is 11.7. The average Bonchev–Trinajstić information content (AvgIpc) is 2.62. The summed E-state index contributed by atoms with van der Waals surface area (Å²) in [5, 5.41) is 8.61. The molecule has 1 saturated heterocycles. The molecule has 0 amide bonds. The molecule has 6 heteroatoms. The van der Waals surface area contributed by atoms with E-state index in [0.29, 0.717) is 11.7 Å². The lowest BCUT2D eigenvalue weighted by Gasteiger charge is -2.31. The van der Waals surface area contributed by atoms with Gasteiger partial charge in [0, 0.05) is 24.4 Å². The summed E-state index contributed by atoms with van der Waals surface area (Å²) >= 11 is 0. The van der Waals surface area contributed by atoms with E-state index < -0.39 is 5.97 Å². The number of aromatic nitrogens is 2. The van der Waals surface area contributed by atoms with Gasteiger partial charge in [-0.1, -0.05) is 12.1 Å². The van der Waals surface area contributed by atoms with Crippen molar-refractivity contribution in [1.82, 2.24) is 14.9 Å². The highest BCUT2D eigenvalue weighted by Gasteiger charge is 2.21. The van der Waals surface area contributed by atoms with Gasteiger partial charge in [0.05, 0.1) is 0 Å². The van der Waals surface area contributed by atoms with Gasteiger partial charge in [0.1, 0.15) is 12.1 Å². The third-order valence-corrected chi connectivity index (χ3v) is 4.30. The molecule has 1 fully saturated rings. The predicted molar refractivity (Wildman–Crippen MR) is 88.9 cm³/mol. The van der Waals surface area contributed by atoms with E-state index in [1.54, 1.807) is 6.33 Å². The van der Waals surface area contributed by atoms with Crippen molar-refractivity contribution < 1.29 is 14.6 Å². The standard InChI is InChI=1S/C18H21N3O3/c22-18(23)12-24-16-3-1-14(2-4-16)11-21-9-6-15(7-10-21)17-5-8-19-13-20-17/h1-5,8,13,15H,6-7,9-12H2,(H,22,23). The maximum Gasteiger partial charge on any atom is 0.341 e. The van der Waals surface area contributed by atoms with Crippen molar-refractivity contribution in [2.45, 2.75) is 25.3 Å². The first kappa shape index (κ1) is 16.4. The number of likely N-dealkylation sites (tertiary alicyclic amines) is 1. The molecule has 0 aliphatic carbocycles. The van der Waals surface area contributed by atoms with Crippen LogP contribution in [-0.4, -0.2) is 45.6 Å². The Morgan fingerprint density at radius 3 is 2.58 bits per heavy atom. The number of carboxylic acids is 1. The van der Waals surface area contributed by atoms with Crippen LogP contribution in [-0.2, 0) is 11.3 Å². The molecule has 0 saturated carbocycles. The number of ether oxygens (including phenoxy) is 1. The van der Waals surface area contributed by atoms with Crippen molar-refractivity contribution in [3.63, 3.8) is 0 Å². The normalized spacial score (nSPS) is 16.0. The molecule has 1 N–H and O–H groups in total. The van der Waals surface area contributed by atoms with Gasteiger partial charge < -0.3 is 9.84 Å². The lowest BCUT2D eigenvalue weighted by molar-refractivity contribution is -0.139. The van der Waals surface area contributed by atoms with Crippen LogP contribution in [0.25, 0.3) is 0 Å². The minimum atomic E-state index is -0.967. The smallest absolute Gasteiger partial charge is 0.341 e. The third kappa shape index (κ3) is 4.52. The second-order valence-corrected chi connectivity index (χ2v) is 6.01. The number of benzene rings is 1. The van der Waals surface area contributed by atoms with E-state index >= 15 is 0 Å². The van der Waals surface area contributed by atoms with Crippen LogP contribution in [0.5, 0.6) is 5.75 Å². The van der Waals surface area contributed by atoms with Gasteiger partial charge in [-0.3, -0.25) is 4.90 Å². The summed E-state index contributed by atoms with van der Waals surface area (Å²) in [7, 11) is 0. The highest BCUT2D eigenvalue weighted by atomic mass is 16.5. The molecule has 24 heavy (non-hydrogen) atoms. The molecule has 1 aromatic heterocycles. The lowest BCUT2D eigenvalue weighted by atomic mass is 9.93. The largest absolute Gasteiger partial charge is 0.482 e. The number of piperidine rings is 1. The molecule has 0 unspecified atom stereocenters. The summed E-state index contributed by atoms with van der Waals surface area (Å²) in [6, 6.07) is 9.65. The highest BCUT2D eigenvalue weighted by Crippen LogP contribution is 2.27. The third-order valence-electron chi connectivity index (χ3n) is 4.30.